The van der Waals surface area contributed by atoms with E-state index in [1.807, 2.05) is 60.5 Å². The number of benzene rings is 3. The number of amides is 1. The van der Waals surface area contributed by atoms with Crippen LogP contribution in [-0.2, 0) is 11.3 Å². The maximum atomic E-state index is 14.4. The predicted molar refractivity (Wildman–Crippen MR) is 132 cm³/mol. The number of halogens is 1. The molecule has 2 aliphatic heterocycles. The molecule has 0 N–H and O–H groups in total. The van der Waals surface area contributed by atoms with Crippen molar-refractivity contribution in [2.75, 3.05) is 39.8 Å². The van der Waals surface area contributed by atoms with Gasteiger partial charge in [-0.1, -0.05) is 12.1 Å². The third-order valence-corrected chi connectivity index (χ3v) is 7.31. The number of rotatable bonds is 6. The molecule has 0 aromatic heterocycles. The Kier molecular flexibility index (Phi) is 6.01. The van der Waals surface area contributed by atoms with Gasteiger partial charge in [-0.2, -0.15) is 0 Å². The van der Waals surface area contributed by atoms with E-state index in [9.17, 15) is 9.18 Å². The van der Waals surface area contributed by atoms with Gasteiger partial charge in [-0.05, 0) is 53.6 Å². The van der Waals surface area contributed by atoms with Crippen LogP contribution in [-0.4, -0.2) is 51.8 Å². The fraction of sp³-hybridized carbons (Fsp3) is 0.321. The maximum absolute atomic E-state index is 14.4. The van der Waals surface area contributed by atoms with E-state index < -0.39 is 0 Å². The molecule has 0 spiro atoms. The summed E-state index contributed by atoms with van der Waals surface area (Å²) in [6.45, 7) is 0.992. The number of hydrogen-bond acceptors (Lipinski definition) is 5. The summed E-state index contributed by atoms with van der Waals surface area (Å²) in [5.74, 6) is 1.26. The first-order valence-electron chi connectivity index (χ1n) is 11.6. The zero-order valence-corrected chi connectivity index (χ0v) is 20.3. The Morgan fingerprint density at radius 2 is 1.63 bits per heavy atom. The monoisotopic (exact) mass is 476 g/mol. The number of hydrogen-bond donors (Lipinski definition) is 0. The Morgan fingerprint density at radius 3 is 2.31 bits per heavy atom. The van der Waals surface area contributed by atoms with Crippen LogP contribution in [0.2, 0.25) is 0 Å². The molecule has 2 heterocycles. The Morgan fingerprint density at radius 1 is 0.914 bits per heavy atom. The Labute approximate surface area is 204 Å². The molecule has 0 bridgehead atoms. The van der Waals surface area contributed by atoms with Gasteiger partial charge in [0.15, 0.2) is 0 Å². The van der Waals surface area contributed by atoms with E-state index in [-0.39, 0.29) is 29.6 Å². The normalized spacial score (nSPS) is 20.9. The van der Waals surface area contributed by atoms with Crippen molar-refractivity contribution in [3.05, 3.63) is 83.2 Å². The summed E-state index contributed by atoms with van der Waals surface area (Å²) in [5.41, 5.74) is 3.66. The average Bonchev–Trinajstić information content (AvgIpc) is 3.20. The molecule has 5 rings (SSSR count). The number of carbonyl (C=O) groups is 1. The maximum Gasteiger partial charge on any atom is 0.229 e. The van der Waals surface area contributed by atoms with Crippen molar-refractivity contribution in [3.8, 4) is 17.2 Å². The molecule has 35 heavy (non-hydrogen) atoms. The van der Waals surface area contributed by atoms with E-state index in [1.165, 1.54) is 6.07 Å². The number of methoxy groups -OCH3 is 3. The molecule has 182 valence electrons. The van der Waals surface area contributed by atoms with Crippen LogP contribution in [0.25, 0.3) is 0 Å². The molecule has 1 fully saturated rings. The van der Waals surface area contributed by atoms with E-state index in [4.69, 9.17) is 14.2 Å². The first kappa shape index (κ1) is 23.0. The molecule has 2 aliphatic rings. The fourth-order valence-corrected chi connectivity index (χ4v) is 5.53. The lowest BCUT2D eigenvalue weighted by atomic mass is 9.74. The number of carbonyl (C=O) groups excluding carboxylic acids is 1. The number of fused-ring (bicyclic) bond motifs is 2. The average molecular weight is 477 g/mol. The van der Waals surface area contributed by atoms with Gasteiger partial charge in [0.1, 0.15) is 23.1 Å². The van der Waals surface area contributed by atoms with Crippen LogP contribution in [0.15, 0.2) is 60.7 Å². The molecule has 0 unspecified atom stereocenters. The second-order valence-electron chi connectivity index (χ2n) is 9.05. The van der Waals surface area contributed by atoms with Crippen LogP contribution in [0, 0.1) is 11.7 Å². The largest absolute Gasteiger partial charge is 0.497 e. The topological polar surface area (TPSA) is 51.2 Å². The van der Waals surface area contributed by atoms with Gasteiger partial charge >= 0.3 is 0 Å². The molecule has 6 nitrogen and oxygen atoms in total. The molecule has 0 saturated carbocycles. The molecular formula is C28H29FN2O4. The summed E-state index contributed by atoms with van der Waals surface area (Å²) in [4.78, 5) is 17.9. The lowest BCUT2D eigenvalue weighted by Gasteiger charge is -2.41. The lowest BCUT2D eigenvalue weighted by Crippen LogP contribution is -2.45. The summed E-state index contributed by atoms with van der Waals surface area (Å²) in [6.07, 6.45) is 0. The van der Waals surface area contributed by atoms with Gasteiger partial charge < -0.3 is 24.0 Å². The third-order valence-electron chi connectivity index (χ3n) is 7.31. The molecule has 3 aromatic carbocycles. The SMILES string of the molecule is COc1ccc([C@@H]2c3cc(F)ccc3N(C)[C@@H]3CN(Cc4ccc(OC)cc4OC)C(=O)[C@H]23)cc1. The summed E-state index contributed by atoms with van der Waals surface area (Å²) in [5, 5.41) is 0. The Bertz CT molecular complexity index is 1250. The van der Waals surface area contributed by atoms with Gasteiger partial charge in [-0.3, -0.25) is 4.79 Å². The van der Waals surface area contributed by atoms with Crippen LogP contribution >= 0.6 is 0 Å². The van der Waals surface area contributed by atoms with Crippen LogP contribution in [0.3, 0.4) is 0 Å². The van der Waals surface area contributed by atoms with E-state index in [2.05, 4.69) is 4.90 Å². The quantitative estimate of drug-likeness (QED) is 0.526. The molecule has 1 saturated heterocycles. The smallest absolute Gasteiger partial charge is 0.229 e. The van der Waals surface area contributed by atoms with Gasteiger partial charge in [0, 0.05) is 43.4 Å². The minimum Gasteiger partial charge on any atom is -0.497 e. The number of anilines is 1. The van der Waals surface area contributed by atoms with E-state index in [1.54, 1.807) is 27.4 Å². The van der Waals surface area contributed by atoms with Crippen LogP contribution in [0.1, 0.15) is 22.6 Å². The van der Waals surface area contributed by atoms with Crippen LogP contribution in [0.5, 0.6) is 17.2 Å². The van der Waals surface area contributed by atoms with Crippen molar-refractivity contribution in [1.29, 1.82) is 0 Å². The molecule has 0 aliphatic carbocycles. The third kappa shape index (κ3) is 3.95. The highest BCUT2D eigenvalue weighted by Gasteiger charge is 2.51. The van der Waals surface area contributed by atoms with Crippen LogP contribution in [0.4, 0.5) is 10.1 Å². The second kappa shape index (κ2) is 9.13. The van der Waals surface area contributed by atoms with Crippen molar-refractivity contribution >= 4 is 11.6 Å². The molecule has 3 atom stereocenters. The molecular weight excluding hydrogens is 447 g/mol. The fourth-order valence-electron chi connectivity index (χ4n) is 5.53. The Hall–Kier alpha value is -3.74. The molecule has 1 amide bonds. The van der Waals surface area contributed by atoms with Gasteiger partial charge in [0.2, 0.25) is 5.91 Å². The molecule has 7 heteroatoms. The summed E-state index contributed by atoms with van der Waals surface area (Å²) in [6, 6.07) is 18.2. The number of likely N-dealkylation sites (N-methyl/N-ethyl adjacent to an activating group) is 1. The van der Waals surface area contributed by atoms with Crippen molar-refractivity contribution < 1.29 is 23.4 Å². The summed E-state index contributed by atoms with van der Waals surface area (Å²) in [7, 11) is 6.84. The minimum absolute atomic E-state index is 0.0446. The zero-order chi connectivity index (χ0) is 24.7. The van der Waals surface area contributed by atoms with Gasteiger partial charge in [0.25, 0.3) is 0 Å². The first-order valence-corrected chi connectivity index (χ1v) is 11.6. The van der Waals surface area contributed by atoms with Crippen molar-refractivity contribution in [2.45, 2.75) is 18.5 Å². The van der Waals surface area contributed by atoms with E-state index in [0.29, 0.717) is 24.6 Å². The number of ether oxygens (including phenoxy) is 3. The van der Waals surface area contributed by atoms with Crippen LogP contribution < -0.4 is 19.1 Å². The highest BCUT2D eigenvalue weighted by Crippen LogP contribution is 2.49. The van der Waals surface area contributed by atoms with E-state index >= 15 is 0 Å². The lowest BCUT2D eigenvalue weighted by molar-refractivity contribution is -0.131. The first-order chi connectivity index (χ1) is 16.9. The zero-order valence-electron chi connectivity index (χ0n) is 20.3. The highest BCUT2D eigenvalue weighted by atomic mass is 19.1. The van der Waals surface area contributed by atoms with Gasteiger partial charge in [-0.15, -0.1) is 0 Å². The predicted octanol–water partition coefficient (Wildman–Crippen LogP) is 4.46. The van der Waals surface area contributed by atoms with Crippen molar-refractivity contribution in [3.63, 3.8) is 0 Å². The standard InChI is InChI=1S/C28H29FN2O4/c1-30-23-12-8-19(29)13-22(23)26(17-5-9-20(33-2)10-6-17)27-24(30)16-31(28(27)32)15-18-7-11-21(34-3)14-25(18)35-4/h5-14,24,26-27H,15-16H2,1-4H3/t24-,26-,27+/m1/s1. The summed E-state index contributed by atoms with van der Waals surface area (Å²) >= 11 is 0. The highest BCUT2D eigenvalue weighted by molar-refractivity contribution is 5.87. The second-order valence-corrected chi connectivity index (χ2v) is 9.05. The van der Waals surface area contributed by atoms with Crippen molar-refractivity contribution in [1.82, 2.24) is 4.90 Å². The minimum atomic E-state index is -0.341. The number of likely N-dealkylation sites (tertiary alicyclic amines) is 1. The number of nitrogens with zero attached hydrogens (tertiary/aromatic N) is 2. The van der Waals surface area contributed by atoms with Gasteiger partial charge in [-0.25, -0.2) is 4.39 Å². The summed E-state index contributed by atoms with van der Waals surface area (Å²) < 4.78 is 30.6. The molecule has 0 radical (unpaired) electrons. The molecule has 3 aromatic rings. The Balaban J connectivity index is 1.54. The van der Waals surface area contributed by atoms with Gasteiger partial charge in [0.05, 0.1) is 33.3 Å². The van der Waals surface area contributed by atoms with Crippen molar-refractivity contribution in [2.24, 2.45) is 5.92 Å². The van der Waals surface area contributed by atoms with E-state index in [0.717, 1.165) is 28.1 Å².